The van der Waals surface area contributed by atoms with Crippen LogP contribution in [0.15, 0.2) is 24.3 Å². The molecule has 18 heavy (non-hydrogen) atoms. The van der Waals surface area contributed by atoms with E-state index in [-0.39, 0.29) is 5.91 Å². The maximum atomic E-state index is 11.8. The monoisotopic (exact) mass is 284 g/mol. The number of piperidine rings is 1. The summed E-state index contributed by atoms with van der Waals surface area (Å²) < 4.78 is 0. The van der Waals surface area contributed by atoms with Crippen LogP contribution in [0.2, 0.25) is 5.02 Å². The second kappa shape index (κ2) is 7.02. The molecule has 1 aromatic carbocycles. The second-order valence-corrected chi connectivity index (χ2v) is 6.06. The summed E-state index contributed by atoms with van der Waals surface area (Å²) in [4.78, 5) is 11.8. The van der Waals surface area contributed by atoms with Crippen LogP contribution in [0.5, 0.6) is 0 Å². The summed E-state index contributed by atoms with van der Waals surface area (Å²) in [7, 11) is 0. The Bertz CT molecular complexity index is 390. The van der Waals surface area contributed by atoms with Gasteiger partial charge in [0.15, 0.2) is 0 Å². The standard InChI is InChI=1S/C13H17ClN2OS/c14-10-3-5-11(6-4-10)16-13(17)9-18-12-2-1-7-15-8-12/h3-6,12,15H,1-2,7-9H2,(H,16,17). The van der Waals surface area contributed by atoms with Gasteiger partial charge in [0.1, 0.15) is 0 Å². The third-order valence-corrected chi connectivity index (χ3v) is 4.38. The minimum absolute atomic E-state index is 0.0490. The average molecular weight is 285 g/mol. The minimum Gasteiger partial charge on any atom is -0.325 e. The molecule has 0 radical (unpaired) electrons. The van der Waals surface area contributed by atoms with Crippen LogP contribution in [0.1, 0.15) is 12.8 Å². The normalized spacial score (nSPS) is 19.5. The number of rotatable bonds is 4. The number of nitrogens with one attached hydrogen (secondary N) is 2. The minimum atomic E-state index is 0.0490. The highest BCUT2D eigenvalue weighted by Gasteiger charge is 2.14. The van der Waals surface area contributed by atoms with Crippen LogP contribution >= 0.6 is 23.4 Å². The first-order valence-electron chi connectivity index (χ1n) is 6.12. The van der Waals surface area contributed by atoms with E-state index in [9.17, 15) is 4.79 Å². The molecule has 2 rings (SSSR count). The third kappa shape index (κ3) is 4.52. The van der Waals surface area contributed by atoms with Gasteiger partial charge in [-0.1, -0.05) is 11.6 Å². The molecule has 1 fully saturated rings. The zero-order chi connectivity index (χ0) is 12.8. The summed E-state index contributed by atoms with van der Waals surface area (Å²) in [5.74, 6) is 0.558. The van der Waals surface area contributed by atoms with Crippen molar-refractivity contribution in [3.63, 3.8) is 0 Å². The van der Waals surface area contributed by atoms with Crippen LogP contribution in [-0.4, -0.2) is 30.0 Å². The Morgan fingerprint density at radius 3 is 2.89 bits per heavy atom. The molecule has 0 aliphatic carbocycles. The summed E-state index contributed by atoms with van der Waals surface area (Å²) in [6.07, 6.45) is 2.41. The number of amides is 1. The molecule has 1 unspecified atom stereocenters. The fraction of sp³-hybridized carbons (Fsp3) is 0.462. The zero-order valence-electron chi connectivity index (χ0n) is 10.1. The van der Waals surface area contributed by atoms with Gasteiger partial charge in [-0.25, -0.2) is 0 Å². The Labute approximate surface area is 117 Å². The predicted molar refractivity (Wildman–Crippen MR) is 78.4 cm³/mol. The first kappa shape index (κ1) is 13.7. The summed E-state index contributed by atoms with van der Waals surface area (Å²) in [6, 6.07) is 7.17. The highest BCUT2D eigenvalue weighted by Crippen LogP contribution is 2.19. The molecule has 98 valence electrons. The van der Waals surface area contributed by atoms with Gasteiger partial charge in [0.05, 0.1) is 5.75 Å². The van der Waals surface area contributed by atoms with E-state index in [0.717, 1.165) is 18.8 Å². The molecule has 1 amide bonds. The fourth-order valence-electron chi connectivity index (χ4n) is 1.89. The van der Waals surface area contributed by atoms with Crippen LogP contribution in [0.4, 0.5) is 5.69 Å². The van der Waals surface area contributed by atoms with Crippen LogP contribution in [-0.2, 0) is 4.79 Å². The topological polar surface area (TPSA) is 41.1 Å². The number of halogens is 1. The van der Waals surface area contributed by atoms with E-state index in [4.69, 9.17) is 11.6 Å². The van der Waals surface area contributed by atoms with Crippen molar-refractivity contribution in [3.05, 3.63) is 29.3 Å². The molecule has 5 heteroatoms. The lowest BCUT2D eigenvalue weighted by molar-refractivity contribution is -0.113. The van der Waals surface area contributed by atoms with E-state index in [0.29, 0.717) is 16.0 Å². The molecule has 1 saturated heterocycles. The summed E-state index contributed by atoms with van der Waals surface area (Å²) in [6.45, 7) is 2.12. The molecule has 1 aliphatic heterocycles. The molecular weight excluding hydrogens is 268 g/mol. The van der Waals surface area contributed by atoms with Crippen molar-refractivity contribution in [2.24, 2.45) is 0 Å². The molecule has 0 saturated carbocycles. The number of carbonyl (C=O) groups is 1. The Morgan fingerprint density at radius 2 is 2.22 bits per heavy atom. The smallest absolute Gasteiger partial charge is 0.234 e. The van der Waals surface area contributed by atoms with Gasteiger partial charge in [-0.05, 0) is 43.7 Å². The van der Waals surface area contributed by atoms with E-state index >= 15 is 0 Å². The quantitative estimate of drug-likeness (QED) is 0.893. The molecule has 1 aliphatic rings. The van der Waals surface area contributed by atoms with E-state index < -0.39 is 0 Å². The SMILES string of the molecule is O=C(CSC1CCCNC1)Nc1ccc(Cl)cc1. The van der Waals surface area contributed by atoms with Gasteiger partial charge in [0, 0.05) is 22.5 Å². The lowest BCUT2D eigenvalue weighted by Crippen LogP contribution is -2.32. The van der Waals surface area contributed by atoms with Crippen molar-refractivity contribution in [1.29, 1.82) is 0 Å². The number of anilines is 1. The van der Waals surface area contributed by atoms with Crippen molar-refractivity contribution in [2.45, 2.75) is 18.1 Å². The Balaban J connectivity index is 1.73. The van der Waals surface area contributed by atoms with Crippen LogP contribution < -0.4 is 10.6 Å². The van der Waals surface area contributed by atoms with Gasteiger partial charge in [-0.15, -0.1) is 11.8 Å². The highest BCUT2D eigenvalue weighted by molar-refractivity contribution is 8.00. The number of thioether (sulfide) groups is 1. The number of benzene rings is 1. The van der Waals surface area contributed by atoms with Gasteiger partial charge in [0.25, 0.3) is 0 Å². The maximum Gasteiger partial charge on any atom is 0.234 e. The Hall–Kier alpha value is -0.710. The van der Waals surface area contributed by atoms with Gasteiger partial charge in [-0.2, -0.15) is 0 Å². The van der Waals surface area contributed by atoms with E-state index in [1.807, 2.05) is 12.1 Å². The van der Waals surface area contributed by atoms with E-state index in [1.54, 1.807) is 23.9 Å². The van der Waals surface area contributed by atoms with Crippen molar-refractivity contribution in [2.75, 3.05) is 24.2 Å². The molecule has 1 heterocycles. The zero-order valence-corrected chi connectivity index (χ0v) is 11.7. The summed E-state index contributed by atoms with van der Waals surface area (Å²) in [5, 5.41) is 7.46. The molecule has 3 nitrogen and oxygen atoms in total. The van der Waals surface area contributed by atoms with Gasteiger partial charge >= 0.3 is 0 Å². The first-order chi connectivity index (χ1) is 8.74. The summed E-state index contributed by atoms with van der Waals surface area (Å²) >= 11 is 7.51. The molecule has 1 atom stereocenters. The van der Waals surface area contributed by atoms with Crippen molar-refractivity contribution in [3.8, 4) is 0 Å². The molecule has 2 N–H and O–H groups in total. The lowest BCUT2D eigenvalue weighted by atomic mass is 10.2. The third-order valence-electron chi connectivity index (χ3n) is 2.83. The first-order valence-corrected chi connectivity index (χ1v) is 7.54. The Morgan fingerprint density at radius 1 is 1.44 bits per heavy atom. The molecule has 1 aromatic rings. The van der Waals surface area contributed by atoms with Crippen molar-refractivity contribution in [1.82, 2.24) is 5.32 Å². The molecule has 0 spiro atoms. The number of hydrogen-bond acceptors (Lipinski definition) is 3. The number of carbonyl (C=O) groups excluding carboxylic acids is 1. The number of hydrogen-bond donors (Lipinski definition) is 2. The van der Waals surface area contributed by atoms with Crippen molar-refractivity contribution < 1.29 is 4.79 Å². The molecule has 0 aromatic heterocycles. The molecule has 0 bridgehead atoms. The lowest BCUT2D eigenvalue weighted by Gasteiger charge is -2.21. The van der Waals surface area contributed by atoms with Crippen LogP contribution in [0.25, 0.3) is 0 Å². The van der Waals surface area contributed by atoms with Gasteiger partial charge in [-0.3, -0.25) is 4.79 Å². The van der Waals surface area contributed by atoms with Crippen LogP contribution in [0, 0.1) is 0 Å². The Kier molecular flexibility index (Phi) is 5.35. The van der Waals surface area contributed by atoms with Crippen molar-refractivity contribution >= 4 is 35.0 Å². The van der Waals surface area contributed by atoms with Gasteiger partial charge in [0.2, 0.25) is 5.91 Å². The molecular formula is C13H17ClN2OS. The summed E-state index contributed by atoms with van der Waals surface area (Å²) in [5.41, 5.74) is 0.798. The average Bonchev–Trinajstić information content (AvgIpc) is 2.40. The highest BCUT2D eigenvalue weighted by atomic mass is 35.5. The van der Waals surface area contributed by atoms with Crippen LogP contribution in [0.3, 0.4) is 0 Å². The second-order valence-electron chi connectivity index (χ2n) is 4.33. The fourth-order valence-corrected chi connectivity index (χ4v) is 3.04. The largest absolute Gasteiger partial charge is 0.325 e. The maximum absolute atomic E-state index is 11.8. The van der Waals surface area contributed by atoms with E-state index in [2.05, 4.69) is 10.6 Å². The van der Waals surface area contributed by atoms with E-state index in [1.165, 1.54) is 12.8 Å². The van der Waals surface area contributed by atoms with Gasteiger partial charge < -0.3 is 10.6 Å². The predicted octanol–water partition coefficient (Wildman–Crippen LogP) is 2.76.